The number of carbonyl (C=O) groups excluding carboxylic acids is 1. The molecule has 0 bridgehead atoms. The molecule has 0 unspecified atom stereocenters. The third kappa shape index (κ3) is 6.36. The largest absolute Gasteiger partial charge is 0.496 e. The number of benzene rings is 3. The summed E-state index contributed by atoms with van der Waals surface area (Å²) in [5, 5.41) is 9.42. The highest BCUT2D eigenvalue weighted by atomic mass is 16.7. The predicted octanol–water partition coefficient (Wildman–Crippen LogP) is 4.34. The molecule has 8 nitrogen and oxygen atoms in total. The molecular weight excluding hydrogens is 528 g/mol. The Labute approximate surface area is 249 Å². The topological polar surface area (TPSA) is 75.3 Å². The third-order valence-electron chi connectivity index (χ3n) is 9.13. The molecule has 8 heteroatoms. The minimum absolute atomic E-state index is 0.116. The summed E-state index contributed by atoms with van der Waals surface area (Å²) in [6.45, 7) is 8.17. The molecular formula is C34H44N4O4. The lowest BCUT2D eigenvalue weighted by molar-refractivity contribution is -0.126. The van der Waals surface area contributed by atoms with Gasteiger partial charge in [0.25, 0.3) is 0 Å². The summed E-state index contributed by atoms with van der Waals surface area (Å²) in [7, 11) is 1.72. The SMILES string of the molecule is CCCN1CCC(N2C[C@@H](NCc3ccc(OC)c4ccccc34)C[C@H]2C(=O)NCCc2ccc3c(c2)OCO3)CC1. The molecule has 2 N–H and O–H groups in total. The van der Waals surface area contributed by atoms with Crippen molar-refractivity contribution in [2.75, 3.05) is 46.6 Å². The second-order valence-electron chi connectivity index (χ2n) is 11.8. The lowest BCUT2D eigenvalue weighted by atomic mass is 10.0. The average molecular weight is 573 g/mol. The Morgan fingerprint density at radius 3 is 2.64 bits per heavy atom. The summed E-state index contributed by atoms with van der Waals surface area (Å²) < 4.78 is 16.5. The molecule has 224 valence electrons. The van der Waals surface area contributed by atoms with E-state index in [9.17, 15) is 4.79 Å². The Bertz CT molecular complexity index is 1370. The first-order valence-electron chi connectivity index (χ1n) is 15.5. The molecule has 1 amide bonds. The van der Waals surface area contributed by atoms with Gasteiger partial charge in [-0.15, -0.1) is 0 Å². The van der Waals surface area contributed by atoms with Gasteiger partial charge in [0.15, 0.2) is 11.5 Å². The van der Waals surface area contributed by atoms with Crippen molar-refractivity contribution in [2.45, 2.75) is 63.7 Å². The second-order valence-corrected chi connectivity index (χ2v) is 11.8. The Hall–Kier alpha value is -3.33. The highest BCUT2D eigenvalue weighted by Gasteiger charge is 2.41. The number of hydrogen-bond acceptors (Lipinski definition) is 7. The van der Waals surface area contributed by atoms with Crippen molar-refractivity contribution in [1.82, 2.24) is 20.4 Å². The first-order chi connectivity index (χ1) is 20.6. The van der Waals surface area contributed by atoms with Gasteiger partial charge < -0.3 is 29.7 Å². The predicted molar refractivity (Wildman–Crippen MR) is 165 cm³/mol. The van der Waals surface area contributed by atoms with Crippen molar-refractivity contribution in [3.63, 3.8) is 0 Å². The Kier molecular flexibility index (Phi) is 9.12. The lowest BCUT2D eigenvalue weighted by Gasteiger charge is -2.39. The van der Waals surface area contributed by atoms with E-state index in [0.29, 0.717) is 12.6 Å². The van der Waals surface area contributed by atoms with Crippen LogP contribution in [-0.2, 0) is 17.8 Å². The molecule has 2 fully saturated rings. The van der Waals surface area contributed by atoms with E-state index in [1.54, 1.807) is 7.11 Å². The highest BCUT2D eigenvalue weighted by molar-refractivity contribution is 5.91. The number of nitrogens with zero attached hydrogens (tertiary/aromatic N) is 2. The van der Waals surface area contributed by atoms with Crippen LogP contribution < -0.4 is 24.8 Å². The van der Waals surface area contributed by atoms with E-state index in [4.69, 9.17) is 14.2 Å². The van der Waals surface area contributed by atoms with Gasteiger partial charge in [0.2, 0.25) is 12.7 Å². The number of hydrogen-bond donors (Lipinski definition) is 2. The van der Waals surface area contributed by atoms with Gasteiger partial charge in [-0.1, -0.05) is 43.3 Å². The normalized spacial score (nSPS) is 21.2. The molecule has 0 aliphatic carbocycles. The van der Waals surface area contributed by atoms with Crippen LogP contribution in [0.5, 0.6) is 17.2 Å². The minimum atomic E-state index is -0.116. The number of ether oxygens (including phenoxy) is 3. The number of methoxy groups -OCH3 is 1. The minimum Gasteiger partial charge on any atom is -0.496 e. The fourth-order valence-electron chi connectivity index (χ4n) is 6.93. The molecule has 3 aromatic carbocycles. The number of rotatable bonds is 11. The van der Waals surface area contributed by atoms with E-state index in [0.717, 1.165) is 86.6 Å². The van der Waals surface area contributed by atoms with Crippen LogP contribution in [0.3, 0.4) is 0 Å². The zero-order valence-electron chi connectivity index (χ0n) is 24.9. The van der Waals surface area contributed by atoms with Crippen molar-refractivity contribution < 1.29 is 19.0 Å². The van der Waals surface area contributed by atoms with Crippen LogP contribution in [0.15, 0.2) is 54.6 Å². The zero-order valence-corrected chi connectivity index (χ0v) is 24.9. The van der Waals surface area contributed by atoms with Gasteiger partial charge in [-0.25, -0.2) is 0 Å². The monoisotopic (exact) mass is 572 g/mol. The van der Waals surface area contributed by atoms with Crippen LogP contribution in [0.1, 0.15) is 43.7 Å². The molecule has 0 radical (unpaired) electrons. The van der Waals surface area contributed by atoms with Gasteiger partial charge in [0, 0.05) is 37.1 Å². The molecule has 0 saturated carbocycles. The number of fused-ring (bicyclic) bond motifs is 2. The fraction of sp³-hybridized carbons (Fsp3) is 0.500. The molecule has 3 aromatic rings. The summed E-state index contributed by atoms with van der Waals surface area (Å²) in [5.41, 5.74) is 2.39. The van der Waals surface area contributed by atoms with Crippen molar-refractivity contribution in [2.24, 2.45) is 0 Å². The third-order valence-corrected chi connectivity index (χ3v) is 9.13. The van der Waals surface area contributed by atoms with Crippen molar-refractivity contribution >= 4 is 16.7 Å². The van der Waals surface area contributed by atoms with Crippen LogP contribution in [0.4, 0.5) is 0 Å². The van der Waals surface area contributed by atoms with Gasteiger partial charge in [-0.2, -0.15) is 0 Å². The summed E-state index contributed by atoms with van der Waals surface area (Å²) in [4.78, 5) is 18.7. The lowest BCUT2D eigenvalue weighted by Crippen LogP contribution is -2.51. The molecule has 2 atom stereocenters. The molecule has 3 aliphatic heterocycles. The van der Waals surface area contributed by atoms with Crippen LogP contribution in [-0.4, -0.2) is 80.5 Å². The van der Waals surface area contributed by atoms with E-state index >= 15 is 0 Å². The van der Waals surface area contributed by atoms with Crippen LogP contribution >= 0.6 is 0 Å². The Morgan fingerprint density at radius 2 is 1.83 bits per heavy atom. The molecule has 0 aromatic heterocycles. The molecule has 42 heavy (non-hydrogen) atoms. The van der Waals surface area contributed by atoms with Gasteiger partial charge in [-0.3, -0.25) is 9.69 Å². The summed E-state index contributed by atoms with van der Waals surface area (Å²) >= 11 is 0. The van der Waals surface area contributed by atoms with E-state index in [1.807, 2.05) is 12.1 Å². The maximum absolute atomic E-state index is 13.7. The number of nitrogens with one attached hydrogen (secondary N) is 2. The van der Waals surface area contributed by atoms with Gasteiger partial charge >= 0.3 is 0 Å². The smallest absolute Gasteiger partial charge is 0.237 e. The maximum Gasteiger partial charge on any atom is 0.237 e. The number of piperidine rings is 1. The summed E-state index contributed by atoms with van der Waals surface area (Å²) in [6, 6.07) is 19.2. The van der Waals surface area contributed by atoms with E-state index < -0.39 is 0 Å². The van der Waals surface area contributed by atoms with Crippen molar-refractivity contribution in [3.05, 3.63) is 65.7 Å². The molecule has 6 rings (SSSR count). The molecule has 3 aliphatic rings. The summed E-state index contributed by atoms with van der Waals surface area (Å²) in [6.07, 6.45) is 5.01. The van der Waals surface area contributed by atoms with Gasteiger partial charge in [0.05, 0.1) is 13.2 Å². The van der Waals surface area contributed by atoms with E-state index in [2.05, 4.69) is 69.8 Å². The van der Waals surface area contributed by atoms with Gasteiger partial charge in [-0.05, 0) is 86.5 Å². The standard InChI is InChI=1S/C34H44N4O4/c1-3-16-37-17-13-27(14-18-37)38-22-26(36-21-25-9-11-31(40-2)29-7-5-4-6-28(25)29)20-30(38)34(39)35-15-12-24-8-10-32-33(19-24)42-23-41-32/h4-11,19,26-27,30,36H,3,12-18,20-23H2,1-2H3,(H,35,39)/t26-,30-/m0/s1. The Balaban J connectivity index is 1.10. The average Bonchev–Trinajstić information content (AvgIpc) is 3.67. The number of carbonyl (C=O) groups is 1. The highest BCUT2D eigenvalue weighted by Crippen LogP contribution is 2.33. The first-order valence-corrected chi connectivity index (χ1v) is 15.5. The number of likely N-dealkylation sites (tertiary alicyclic amines) is 2. The molecule has 3 heterocycles. The van der Waals surface area contributed by atoms with Crippen molar-refractivity contribution in [1.29, 1.82) is 0 Å². The number of amides is 1. The molecule has 2 saturated heterocycles. The quantitative estimate of drug-likeness (QED) is 0.354. The maximum atomic E-state index is 13.7. The van der Waals surface area contributed by atoms with Crippen LogP contribution in [0.25, 0.3) is 10.8 Å². The van der Waals surface area contributed by atoms with Crippen molar-refractivity contribution in [3.8, 4) is 17.2 Å². The van der Waals surface area contributed by atoms with E-state index in [-0.39, 0.29) is 24.8 Å². The second kappa shape index (κ2) is 13.3. The Morgan fingerprint density at radius 1 is 1.02 bits per heavy atom. The van der Waals surface area contributed by atoms with E-state index in [1.165, 1.54) is 17.4 Å². The first kappa shape index (κ1) is 28.8. The van der Waals surface area contributed by atoms with Crippen LogP contribution in [0.2, 0.25) is 0 Å². The fourth-order valence-corrected chi connectivity index (χ4v) is 6.93. The summed E-state index contributed by atoms with van der Waals surface area (Å²) in [5.74, 6) is 2.61. The van der Waals surface area contributed by atoms with Crippen LogP contribution in [0, 0.1) is 0 Å². The van der Waals surface area contributed by atoms with Gasteiger partial charge in [0.1, 0.15) is 5.75 Å². The zero-order chi connectivity index (χ0) is 28.9. The molecule has 0 spiro atoms.